The van der Waals surface area contributed by atoms with Crippen LogP contribution in [0.1, 0.15) is 70.6 Å². The SMILES string of the molecule is O=C1CC(O)C(=O)[O][Sn]([CH]2CCCCC2)([CH]2CCCCC2)[O]1. The molecule has 3 aliphatic rings. The molecule has 3 rings (SSSR count). The summed E-state index contributed by atoms with van der Waals surface area (Å²) >= 11 is -3.89. The van der Waals surface area contributed by atoms with Crippen LogP contribution in [0.3, 0.4) is 0 Å². The molecule has 0 amide bonds. The van der Waals surface area contributed by atoms with Crippen molar-refractivity contribution in [2.45, 2.75) is 84.6 Å². The van der Waals surface area contributed by atoms with Gasteiger partial charge in [-0.2, -0.15) is 0 Å². The number of aliphatic hydroxyl groups is 1. The van der Waals surface area contributed by atoms with Crippen LogP contribution in [0.15, 0.2) is 0 Å². The van der Waals surface area contributed by atoms with Gasteiger partial charge in [-0.15, -0.1) is 0 Å². The van der Waals surface area contributed by atoms with Gasteiger partial charge < -0.3 is 0 Å². The zero-order chi connectivity index (χ0) is 15.6. The van der Waals surface area contributed by atoms with Gasteiger partial charge in [0.1, 0.15) is 0 Å². The van der Waals surface area contributed by atoms with Crippen LogP contribution in [-0.4, -0.2) is 42.4 Å². The van der Waals surface area contributed by atoms with Crippen LogP contribution in [0.2, 0.25) is 7.87 Å². The van der Waals surface area contributed by atoms with Gasteiger partial charge >= 0.3 is 137 Å². The summed E-state index contributed by atoms with van der Waals surface area (Å²) in [5, 5.41) is 9.82. The average Bonchev–Trinajstić information content (AvgIpc) is 2.66. The third-order valence-corrected chi connectivity index (χ3v) is 18.4. The predicted octanol–water partition coefficient (Wildman–Crippen LogP) is 2.95. The van der Waals surface area contributed by atoms with Gasteiger partial charge in [0, 0.05) is 0 Å². The van der Waals surface area contributed by atoms with Crippen molar-refractivity contribution in [1.29, 1.82) is 0 Å². The molecule has 0 aromatic heterocycles. The van der Waals surface area contributed by atoms with Crippen molar-refractivity contribution < 1.29 is 20.8 Å². The third kappa shape index (κ3) is 3.30. The van der Waals surface area contributed by atoms with Gasteiger partial charge in [0.15, 0.2) is 0 Å². The standard InChI is InChI=1S/2C6H11.C4H6O5.Sn/c2*1-2-4-6-5-3-1;5-2(4(8)9)1-3(6)7;/h2*1H,2-6H2;2,5H,1H2,(H,6,7)(H,8,9);/q;;;+2/p-2. The average molecular weight is 417 g/mol. The second-order valence-electron chi connectivity index (χ2n) is 7.01. The molecule has 22 heavy (non-hydrogen) atoms. The molecular weight excluding hydrogens is 391 g/mol. The van der Waals surface area contributed by atoms with Gasteiger partial charge in [0.25, 0.3) is 0 Å². The van der Waals surface area contributed by atoms with Gasteiger partial charge in [0.2, 0.25) is 0 Å². The molecule has 3 fully saturated rings. The first kappa shape index (κ1) is 16.6. The fraction of sp³-hybridized carbons (Fsp3) is 0.875. The number of hydrogen-bond acceptors (Lipinski definition) is 5. The topological polar surface area (TPSA) is 72.8 Å². The van der Waals surface area contributed by atoms with E-state index in [0.717, 1.165) is 51.4 Å². The molecule has 2 saturated carbocycles. The molecule has 124 valence electrons. The Morgan fingerprint density at radius 3 is 1.82 bits per heavy atom. The monoisotopic (exact) mass is 418 g/mol. The van der Waals surface area contributed by atoms with E-state index in [4.69, 9.17) is 6.15 Å². The molecule has 1 saturated heterocycles. The molecular formula is C16H26O5Sn. The predicted molar refractivity (Wildman–Crippen MR) is 82.2 cm³/mol. The van der Waals surface area contributed by atoms with Crippen molar-refractivity contribution >= 4 is 31.1 Å². The summed E-state index contributed by atoms with van der Waals surface area (Å²) in [5.74, 6) is -1.01. The van der Waals surface area contributed by atoms with Crippen LogP contribution in [0.5, 0.6) is 0 Å². The maximum atomic E-state index is 12.2. The number of aliphatic hydroxyl groups excluding tert-OH is 1. The molecule has 0 aromatic carbocycles. The molecule has 1 unspecified atom stereocenters. The van der Waals surface area contributed by atoms with Crippen molar-refractivity contribution in [3.05, 3.63) is 0 Å². The van der Waals surface area contributed by atoms with Crippen LogP contribution in [-0.2, 0) is 15.7 Å². The fourth-order valence-electron chi connectivity index (χ4n) is 4.38. The van der Waals surface area contributed by atoms with Crippen LogP contribution in [0.4, 0.5) is 0 Å². The Kier molecular flexibility index (Phi) is 5.32. The van der Waals surface area contributed by atoms with E-state index in [2.05, 4.69) is 0 Å². The van der Waals surface area contributed by atoms with E-state index in [1.54, 1.807) is 0 Å². The maximum absolute atomic E-state index is 12.2. The van der Waals surface area contributed by atoms with Gasteiger partial charge in [-0.05, 0) is 0 Å². The van der Waals surface area contributed by atoms with Crippen LogP contribution >= 0.6 is 0 Å². The molecule has 6 heteroatoms. The van der Waals surface area contributed by atoms with E-state index in [-0.39, 0.29) is 14.3 Å². The second kappa shape index (κ2) is 7.07. The van der Waals surface area contributed by atoms with Crippen molar-refractivity contribution in [2.24, 2.45) is 0 Å². The van der Waals surface area contributed by atoms with Crippen molar-refractivity contribution in [2.75, 3.05) is 0 Å². The zero-order valence-electron chi connectivity index (χ0n) is 13.1. The first-order valence-corrected chi connectivity index (χ1v) is 14.4. The normalized spacial score (nSPS) is 31.2. The third-order valence-electron chi connectivity index (χ3n) is 5.51. The molecule has 1 N–H and O–H groups in total. The van der Waals surface area contributed by atoms with E-state index in [1.807, 2.05) is 0 Å². The van der Waals surface area contributed by atoms with Gasteiger partial charge in [-0.25, -0.2) is 0 Å². The minimum absolute atomic E-state index is 0.239. The van der Waals surface area contributed by atoms with Gasteiger partial charge in [-0.3, -0.25) is 0 Å². The van der Waals surface area contributed by atoms with Crippen molar-refractivity contribution in [3.63, 3.8) is 0 Å². The van der Waals surface area contributed by atoms with Crippen molar-refractivity contribution in [3.8, 4) is 0 Å². The molecule has 1 aliphatic heterocycles. The van der Waals surface area contributed by atoms with E-state index in [1.165, 1.54) is 12.8 Å². The molecule has 5 nitrogen and oxygen atoms in total. The van der Waals surface area contributed by atoms with Gasteiger partial charge in [0.05, 0.1) is 0 Å². The number of carbonyl (C=O) groups excluding carboxylic acids is 2. The summed E-state index contributed by atoms with van der Waals surface area (Å²) in [6, 6.07) is 0. The summed E-state index contributed by atoms with van der Waals surface area (Å²) < 4.78 is 12.5. The first-order chi connectivity index (χ1) is 10.6. The Balaban J connectivity index is 1.92. The number of hydrogen-bond donors (Lipinski definition) is 1. The summed E-state index contributed by atoms with van der Waals surface area (Å²) in [6.07, 6.45) is 9.46. The first-order valence-electron chi connectivity index (χ1n) is 8.74. The number of carbonyl (C=O) groups is 2. The van der Waals surface area contributed by atoms with Crippen molar-refractivity contribution in [1.82, 2.24) is 0 Å². The Hall–Kier alpha value is -0.301. The van der Waals surface area contributed by atoms with E-state index in [0.29, 0.717) is 0 Å². The fourth-order valence-corrected chi connectivity index (χ4v) is 17.8. The van der Waals surface area contributed by atoms with E-state index in [9.17, 15) is 14.7 Å². The van der Waals surface area contributed by atoms with Crippen LogP contribution in [0.25, 0.3) is 0 Å². The molecule has 0 bridgehead atoms. The van der Waals surface area contributed by atoms with E-state index >= 15 is 0 Å². The molecule has 1 heterocycles. The summed E-state index contributed by atoms with van der Waals surface area (Å²) in [4.78, 5) is 24.4. The number of rotatable bonds is 2. The Morgan fingerprint density at radius 1 is 0.818 bits per heavy atom. The summed E-state index contributed by atoms with van der Waals surface area (Å²) in [5.41, 5.74) is 0. The zero-order valence-corrected chi connectivity index (χ0v) is 15.9. The molecule has 0 aromatic rings. The molecule has 1 atom stereocenters. The molecule has 0 spiro atoms. The minimum atomic E-state index is -3.89. The Labute approximate surface area is 136 Å². The van der Waals surface area contributed by atoms with Crippen LogP contribution < -0.4 is 0 Å². The Morgan fingerprint density at radius 2 is 1.32 bits per heavy atom. The second-order valence-corrected chi connectivity index (χ2v) is 17.0. The summed E-state index contributed by atoms with van der Waals surface area (Å²) in [7, 11) is 0. The van der Waals surface area contributed by atoms with Crippen LogP contribution in [0, 0.1) is 0 Å². The quantitative estimate of drug-likeness (QED) is 0.700. The van der Waals surface area contributed by atoms with E-state index < -0.39 is 37.2 Å². The molecule has 0 radical (unpaired) electrons. The van der Waals surface area contributed by atoms with Gasteiger partial charge in [-0.1, -0.05) is 0 Å². The summed E-state index contributed by atoms with van der Waals surface area (Å²) in [6.45, 7) is 0. The Bertz CT molecular complexity index is 408. The molecule has 2 aliphatic carbocycles.